The molecule has 0 aliphatic carbocycles. The molecule has 3 N–H and O–H groups in total. The minimum Gasteiger partial charge on any atom is -0.466 e. The summed E-state index contributed by atoms with van der Waals surface area (Å²) in [4.78, 5) is 24.6. The second-order valence-corrected chi connectivity index (χ2v) is 28.1. The van der Waals surface area contributed by atoms with Crippen molar-refractivity contribution in [2.45, 2.75) is 488 Å². The van der Waals surface area contributed by atoms with E-state index in [0.717, 1.165) is 38.5 Å². The van der Waals surface area contributed by atoms with Crippen LogP contribution in [0.1, 0.15) is 476 Å². The van der Waals surface area contributed by atoms with Crippen molar-refractivity contribution in [2.75, 3.05) is 13.2 Å². The third-order valence-electron chi connectivity index (χ3n) is 19.4. The van der Waals surface area contributed by atoms with Gasteiger partial charge in [0, 0.05) is 12.8 Å². The number of aliphatic hydroxyl groups excluding tert-OH is 2. The number of aliphatic hydroxyl groups is 2. The first-order valence-corrected chi connectivity index (χ1v) is 40.3. The molecule has 6 heteroatoms. The van der Waals surface area contributed by atoms with Crippen molar-refractivity contribution in [3.8, 4) is 0 Å². The Balaban J connectivity index is 3.26. The molecule has 0 aromatic heterocycles. The van der Waals surface area contributed by atoms with Gasteiger partial charge in [-0.05, 0) is 25.7 Å². The highest BCUT2D eigenvalue weighted by Crippen LogP contribution is 2.21. The number of hydrogen-bond donors (Lipinski definition) is 3. The molecule has 0 heterocycles. The number of rotatable bonds is 77. The second-order valence-electron chi connectivity index (χ2n) is 28.1. The molecular weight excluding hydrogens is 1050 g/mol. The van der Waals surface area contributed by atoms with E-state index in [2.05, 4.69) is 19.2 Å². The van der Waals surface area contributed by atoms with Crippen molar-refractivity contribution in [1.29, 1.82) is 0 Å². The first-order valence-electron chi connectivity index (χ1n) is 40.3. The predicted molar refractivity (Wildman–Crippen MR) is 380 cm³/mol. The maximum Gasteiger partial charge on any atom is 0.305 e. The van der Waals surface area contributed by atoms with E-state index in [0.29, 0.717) is 25.9 Å². The fourth-order valence-corrected chi connectivity index (χ4v) is 13.3. The summed E-state index contributed by atoms with van der Waals surface area (Å²) in [6.45, 7) is 5.01. The Morgan fingerprint density at radius 3 is 0.709 bits per heavy atom. The molecule has 6 nitrogen and oxygen atoms in total. The molecule has 0 aromatic carbocycles. The highest BCUT2D eigenvalue weighted by atomic mass is 16.5. The maximum absolute atomic E-state index is 12.5. The van der Waals surface area contributed by atoms with Gasteiger partial charge in [0.05, 0.1) is 25.4 Å². The predicted octanol–water partition coefficient (Wildman–Crippen LogP) is 26.5. The first kappa shape index (κ1) is 84.9. The molecule has 2 unspecified atom stereocenters. The molecule has 2 atom stereocenters. The monoisotopic (exact) mass is 1210 g/mol. The summed E-state index contributed by atoms with van der Waals surface area (Å²) in [6, 6.07) is -0.535. The second kappa shape index (κ2) is 76.3. The molecule has 1 amide bonds. The fraction of sp³-hybridized carbons (Fsp3) is 0.975. The summed E-state index contributed by atoms with van der Waals surface area (Å²) in [6.07, 6.45) is 95.0. The quantitative estimate of drug-likeness (QED) is 0.0417. The van der Waals surface area contributed by atoms with Gasteiger partial charge in [0.2, 0.25) is 5.91 Å². The number of carbonyl (C=O) groups is 2. The van der Waals surface area contributed by atoms with Gasteiger partial charge in [-0.3, -0.25) is 9.59 Å². The molecule has 514 valence electrons. The van der Waals surface area contributed by atoms with Gasteiger partial charge in [-0.25, -0.2) is 0 Å². The zero-order valence-electron chi connectivity index (χ0n) is 59.1. The third-order valence-corrected chi connectivity index (χ3v) is 19.4. The van der Waals surface area contributed by atoms with E-state index in [-0.39, 0.29) is 18.5 Å². The Labute approximate surface area is 540 Å². The molecule has 0 saturated carbocycles. The van der Waals surface area contributed by atoms with Crippen LogP contribution < -0.4 is 5.32 Å². The van der Waals surface area contributed by atoms with Crippen molar-refractivity contribution in [3.05, 3.63) is 0 Å². The normalized spacial score (nSPS) is 12.4. The van der Waals surface area contributed by atoms with Crippen molar-refractivity contribution in [3.63, 3.8) is 0 Å². The van der Waals surface area contributed by atoms with E-state index in [4.69, 9.17) is 4.74 Å². The van der Waals surface area contributed by atoms with E-state index in [1.165, 1.54) is 405 Å². The fourth-order valence-electron chi connectivity index (χ4n) is 13.3. The van der Waals surface area contributed by atoms with Crippen LogP contribution in [0.15, 0.2) is 0 Å². The minimum absolute atomic E-state index is 0.0250. The highest BCUT2D eigenvalue weighted by molar-refractivity contribution is 5.76. The van der Waals surface area contributed by atoms with Crippen LogP contribution in [0, 0.1) is 0 Å². The minimum atomic E-state index is -0.658. The Hall–Kier alpha value is -1.14. The Morgan fingerprint density at radius 1 is 0.279 bits per heavy atom. The lowest BCUT2D eigenvalue weighted by molar-refractivity contribution is -0.143. The van der Waals surface area contributed by atoms with Crippen LogP contribution in [-0.2, 0) is 14.3 Å². The lowest BCUT2D eigenvalue weighted by atomic mass is 10.0. The van der Waals surface area contributed by atoms with Crippen LogP contribution in [0.25, 0.3) is 0 Å². The van der Waals surface area contributed by atoms with E-state index in [9.17, 15) is 19.8 Å². The number of amides is 1. The van der Waals surface area contributed by atoms with Crippen LogP contribution in [0.5, 0.6) is 0 Å². The van der Waals surface area contributed by atoms with Gasteiger partial charge in [0.1, 0.15) is 0 Å². The topological polar surface area (TPSA) is 95.9 Å². The molecule has 0 spiro atoms. The van der Waals surface area contributed by atoms with Crippen LogP contribution >= 0.6 is 0 Å². The lowest BCUT2D eigenvalue weighted by Gasteiger charge is -2.22. The Bertz CT molecular complexity index is 1260. The van der Waals surface area contributed by atoms with Gasteiger partial charge in [-0.15, -0.1) is 0 Å². The smallest absolute Gasteiger partial charge is 0.305 e. The summed E-state index contributed by atoms with van der Waals surface area (Å²) in [5.74, 6) is 0.00390. The summed E-state index contributed by atoms with van der Waals surface area (Å²) < 4.78 is 5.51. The maximum atomic E-state index is 12.5. The molecule has 0 radical (unpaired) electrons. The van der Waals surface area contributed by atoms with E-state index >= 15 is 0 Å². The molecule has 0 aliphatic rings. The highest BCUT2D eigenvalue weighted by Gasteiger charge is 2.20. The number of esters is 1. The van der Waals surface area contributed by atoms with Gasteiger partial charge in [0.15, 0.2) is 0 Å². The Morgan fingerprint density at radius 2 is 0.477 bits per heavy atom. The molecule has 0 saturated heterocycles. The van der Waals surface area contributed by atoms with Crippen molar-refractivity contribution >= 4 is 11.9 Å². The number of carbonyl (C=O) groups excluding carboxylic acids is 2. The average Bonchev–Trinajstić information content (AvgIpc) is 3.51. The zero-order chi connectivity index (χ0) is 62.0. The molecule has 86 heavy (non-hydrogen) atoms. The Kier molecular flexibility index (Phi) is 75.3. The van der Waals surface area contributed by atoms with Crippen molar-refractivity contribution < 1.29 is 24.5 Å². The van der Waals surface area contributed by atoms with Crippen LogP contribution in [0.4, 0.5) is 0 Å². The first-order chi connectivity index (χ1) is 42.5. The largest absolute Gasteiger partial charge is 0.466 e. The van der Waals surface area contributed by atoms with Gasteiger partial charge in [-0.1, -0.05) is 438 Å². The number of nitrogens with one attached hydrogen (secondary N) is 1. The average molecular weight is 1220 g/mol. The zero-order valence-corrected chi connectivity index (χ0v) is 59.1. The molecule has 0 fully saturated rings. The SMILES string of the molecule is CCCCCCCCCCCCCCCCCCC(=O)OCCCCCCCCCCCCCCCCCCCCCCCCCCCCCCCCCCCCCCCCCC(=O)NC(CO)C(O)CCCCCCCCCCCCCCCC. The van der Waals surface area contributed by atoms with Gasteiger partial charge >= 0.3 is 5.97 Å². The van der Waals surface area contributed by atoms with Gasteiger partial charge in [0.25, 0.3) is 0 Å². The lowest BCUT2D eigenvalue weighted by Crippen LogP contribution is -2.45. The van der Waals surface area contributed by atoms with Crippen LogP contribution in [0.2, 0.25) is 0 Å². The number of ether oxygens (including phenoxy) is 1. The molecule has 0 aliphatic heterocycles. The van der Waals surface area contributed by atoms with Crippen molar-refractivity contribution in [1.82, 2.24) is 5.32 Å². The van der Waals surface area contributed by atoms with Crippen LogP contribution in [0.3, 0.4) is 0 Å². The van der Waals surface area contributed by atoms with Gasteiger partial charge in [-0.2, -0.15) is 0 Å². The van der Waals surface area contributed by atoms with E-state index in [1.807, 2.05) is 0 Å². The van der Waals surface area contributed by atoms with Crippen LogP contribution in [-0.4, -0.2) is 47.4 Å². The summed E-state index contributed by atoms with van der Waals surface area (Å²) in [7, 11) is 0. The summed E-state index contributed by atoms with van der Waals surface area (Å²) >= 11 is 0. The third kappa shape index (κ3) is 71.9. The van der Waals surface area contributed by atoms with Gasteiger partial charge < -0.3 is 20.3 Å². The molecule has 0 rings (SSSR count). The number of unbranched alkanes of at least 4 members (excludes halogenated alkanes) is 66. The standard InChI is InChI=1S/C80H159NO5/c1-3-5-7-9-11-13-15-17-19-46-50-54-58-62-66-70-74-80(85)86-75-71-67-63-59-55-51-47-44-42-40-38-36-34-32-30-28-26-24-22-20-21-23-25-27-29-31-33-35-37-39-41-43-45-49-53-57-61-65-69-73-79(84)81-77(76-82)78(83)72-68-64-60-56-52-48-18-16-14-12-10-8-6-4-2/h77-78,82-83H,3-76H2,1-2H3,(H,81,84). The van der Waals surface area contributed by atoms with E-state index < -0.39 is 12.1 Å². The van der Waals surface area contributed by atoms with Crippen molar-refractivity contribution in [2.24, 2.45) is 0 Å². The molecule has 0 aromatic rings. The number of hydrogen-bond acceptors (Lipinski definition) is 5. The summed E-state index contributed by atoms with van der Waals surface area (Å²) in [5.41, 5.74) is 0. The molecular formula is C80H159NO5. The summed E-state index contributed by atoms with van der Waals surface area (Å²) in [5, 5.41) is 23.3. The molecule has 0 bridgehead atoms. The van der Waals surface area contributed by atoms with E-state index in [1.54, 1.807) is 0 Å².